The minimum absolute atomic E-state index is 0.142. The van der Waals surface area contributed by atoms with Crippen LogP contribution in [-0.4, -0.2) is 9.13 Å². The highest BCUT2D eigenvalue weighted by Crippen LogP contribution is 2.53. The van der Waals surface area contributed by atoms with Gasteiger partial charge in [0.1, 0.15) is 11.2 Å². The SMILES string of the molecule is CC1(C)c2ccccc2-c2ccc3c(c21)c1cc(-c2ccc4c5cc6c(cc5n(-c5ccccc5)c4c2)oc2ccccc26)ccc1n3-c1ccccc1. The third-order valence-corrected chi connectivity index (χ3v) is 12.1. The molecule has 0 fully saturated rings. The average Bonchev–Trinajstić information content (AvgIpc) is 3.92. The normalized spacial score (nSPS) is 13.5. The van der Waals surface area contributed by atoms with Crippen molar-refractivity contribution < 1.29 is 4.42 Å². The molecule has 0 saturated heterocycles. The van der Waals surface area contributed by atoms with Crippen LogP contribution in [-0.2, 0) is 5.41 Å². The van der Waals surface area contributed by atoms with E-state index in [1.165, 1.54) is 77.2 Å². The predicted octanol–water partition coefficient (Wildman–Crippen LogP) is 13.8. The predicted molar refractivity (Wildman–Crippen MR) is 225 cm³/mol. The number of para-hydroxylation sites is 3. The van der Waals surface area contributed by atoms with Crippen LogP contribution < -0.4 is 0 Å². The van der Waals surface area contributed by atoms with Gasteiger partial charge in [0.2, 0.25) is 0 Å². The number of hydrogen-bond donors (Lipinski definition) is 0. The maximum atomic E-state index is 6.40. The van der Waals surface area contributed by atoms with Crippen molar-refractivity contribution in [2.75, 3.05) is 0 Å². The van der Waals surface area contributed by atoms with Crippen LogP contribution in [0.2, 0.25) is 0 Å². The summed E-state index contributed by atoms with van der Waals surface area (Å²) < 4.78 is 11.2. The molecule has 0 radical (unpaired) electrons. The Morgan fingerprint density at radius 2 is 1.06 bits per heavy atom. The average molecular weight is 691 g/mol. The zero-order chi connectivity index (χ0) is 35.7. The second kappa shape index (κ2) is 10.6. The second-order valence-corrected chi connectivity index (χ2v) is 15.3. The molecule has 0 aliphatic heterocycles. The molecular weight excluding hydrogens is 657 g/mol. The number of rotatable bonds is 3. The zero-order valence-corrected chi connectivity index (χ0v) is 30.0. The Labute approximate surface area is 311 Å². The van der Waals surface area contributed by atoms with Gasteiger partial charge in [0.05, 0.1) is 22.1 Å². The number of fused-ring (bicyclic) bond motifs is 13. The summed E-state index contributed by atoms with van der Waals surface area (Å²) in [4.78, 5) is 0. The van der Waals surface area contributed by atoms with Crippen LogP contribution >= 0.6 is 0 Å². The smallest absolute Gasteiger partial charge is 0.137 e. The summed E-state index contributed by atoms with van der Waals surface area (Å²) in [5.41, 5.74) is 16.6. The molecule has 1 aliphatic rings. The lowest BCUT2D eigenvalue weighted by atomic mass is 9.80. The highest BCUT2D eigenvalue weighted by atomic mass is 16.3. The monoisotopic (exact) mass is 690 g/mol. The van der Waals surface area contributed by atoms with Crippen molar-refractivity contribution in [1.82, 2.24) is 9.13 Å². The lowest BCUT2D eigenvalue weighted by Gasteiger charge is -2.22. The summed E-state index contributed by atoms with van der Waals surface area (Å²) >= 11 is 0. The summed E-state index contributed by atoms with van der Waals surface area (Å²) in [7, 11) is 0. The third-order valence-electron chi connectivity index (χ3n) is 12.1. The summed E-state index contributed by atoms with van der Waals surface area (Å²) in [5.74, 6) is 0. The summed E-state index contributed by atoms with van der Waals surface area (Å²) in [6, 6.07) is 62.1. The Morgan fingerprint density at radius 3 is 1.87 bits per heavy atom. The fourth-order valence-corrected chi connectivity index (χ4v) is 9.69. The van der Waals surface area contributed by atoms with Crippen LogP contribution in [0.1, 0.15) is 25.0 Å². The van der Waals surface area contributed by atoms with E-state index in [1.807, 2.05) is 6.07 Å². The van der Waals surface area contributed by atoms with Gasteiger partial charge in [-0.1, -0.05) is 117 Å². The first kappa shape index (κ1) is 29.7. The molecule has 12 rings (SSSR count). The molecule has 8 aromatic carbocycles. The van der Waals surface area contributed by atoms with Crippen LogP contribution in [0.25, 0.3) is 99.2 Å². The first-order chi connectivity index (χ1) is 26.5. The van der Waals surface area contributed by atoms with Crippen LogP contribution in [0.3, 0.4) is 0 Å². The van der Waals surface area contributed by atoms with E-state index in [-0.39, 0.29) is 5.41 Å². The molecule has 0 unspecified atom stereocenters. The van der Waals surface area contributed by atoms with Crippen LogP contribution in [0.15, 0.2) is 174 Å². The molecule has 0 atom stereocenters. The molecule has 3 nitrogen and oxygen atoms in total. The summed E-state index contributed by atoms with van der Waals surface area (Å²) in [6.45, 7) is 4.78. The van der Waals surface area contributed by atoms with Gasteiger partial charge < -0.3 is 13.6 Å². The van der Waals surface area contributed by atoms with Gasteiger partial charge in [0, 0.05) is 55.2 Å². The Bertz CT molecular complexity index is 3340. The fourth-order valence-electron chi connectivity index (χ4n) is 9.69. The fraction of sp³-hybridized carbons (Fsp3) is 0.0588. The molecule has 0 N–H and O–H groups in total. The first-order valence-corrected chi connectivity index (χ1v) is 18.8. The number of hydrogen-bond acceptors (Lipinski definition) is 1. The number of furan rings is 1. The van der Waals surface area contributed by atoms with Gasteiger partial charge in [-0.2, -0.15) is 0 Å². The van der Waals surface area contributed by atoms with Crippen molar-refractivity contribution in [3.05, 3.63) is 181 Å². The lowest BCUT2D eigenvalue weighted by Crippen LogP contribution is -2.15. The van der Waals surface area contributed by atoms with Gasteiger partial charge in [-0.05, 0) is 94.0 Å². The van der Waals surface area contributed by atoms with Crippen LogP contribution in [0, 0.1) is 0 Å². The Balaban J connectivity index is 1.14. The van der Waals surface area contributed by atoms with E-state index < -0.39 is 0 Å². The largest absolute Gasteiger partial charge is 0.456 e. The molecule has 0 bridgehead atoms. The van der Waals surface area contributed by atoms with Crippen LogP contribution in [0.4, 0.5) is 0 Å². The van der Waals surface area contributed by atoms with Crippen molar-refractivity contribution >= 4 is 65.6 Å². The highest BCUT2D eigenvalue weighted by Gasteiger charge is 2.38. The maximum absolute atomic E-state index is 6.40. The minimum Gasteiger partial charge on any atom is -0.456 e. The van der Waals surface area contributed by atoms with Gasteiger partial charge in [-0.3, -0.25) is 0 Å². The molecule has 54 heavy (non-hydrogen) atoms. The van der Waals surface area contributed by atoms with E-state index >= 15 is 0 Å². The third kappa shape index (κ3) is 3.91. The molecule has 11 aromatic rings. The molecule has 3 heteroatoms. The van der Waals surface area contributed by atoms with Gasteiger partial charge in [0.15, 0.2) is 0 Å². The van der Waals surface area contributed by atoms with E-state index in [0.29, 0.717) is 0 Å². The van der Waals surface area contributed by atoms with Crippen molar-refractivity contribution in [2.24, 2.45) is 0 Å². The molecule has 0 saturated carbocycles. The van der Waals surface area contributed by atoms with E-state index in [9.17, 15) is 0 Å². The quantitative estimate of drug-likeness (QED) is 0.181. The van der Waals surface area contributed by atoms with Crippen molar-refractivity contribution in [2.45, 2.75) is 19.3 Å². The lowest BCUT2D eigenvalue weighted by molar-refractivity contribution is 0.666. The minimum atomic E-state index is -0.142. The molecular formula is C51H34N2O. The summed E-state index contributed by atoms with van der Waals surface area (Å²) in [5, 5.41) is 7.35. The molecule has 3 heterocycles. The molecule has 0 spiro atoms. The Hall–Kier alpha value is -6.84. The first-order valence-electron chi connectivity index (χ1n) is 18.8. The van der Waals surface area contributed by atoms with Gasteiger partial charge >= 0.3 is 0 Å². The number of aromatic nitrogens is 2. The number of benzene rings is 8. The number of nitrogens with zero attached hydrogens (tertiary/aromatic N) is 2. The second-order valence-electron chi connectivity index (χ2n) is 15.3. The topological polar surface area (TPSA) is 23.0 Å². The Kier molecular flexibility index (Phi) is 5.84. The zero-order valence-electron chi connectivity index (χ0n) is 30.0. The van der Waals surface area contributed by atoms with Gasteiger partial charge in [-0.15, -0.1) is 0 Å². The molecule has 254 valence electrons. The van der Waals surface area contributed by atoms with E-state index in [0.717, 1.165) is 33.1 Å². The van der Waals surface area contributed by atoms with Crippen molar-refractivity contribution in [3.63, 3.8) is 0 Å². The highest BCUT2D eigenvalue weighted by molar-refractivity contribution is 6.18. The summed E-state index contributed by atoms with van der Waals surface area (Å²) in [6.07, 6.45) is 0. The van der Waals surface area contributed by atoms with E-state index in [4.69, 9.17) is 4.42 Å². The van der Waals surface area contributed by atoms with Gasteiger partial charge in [0.25, 0.3) is 0 Å². The Morgan fingerprint density at radius 1 is 0.407 bits per heavy atom. The van der Waals surface area contributed by atoms with Crippen LogP contribution in [0.5, 0.6) is 0 Å². The molecule has 0 amide bonds. The van der Waals surface area contributed by atoms with E-state index in [1.54, 1.807) is 0 Å². The van der Waals surface area contributed by atoms with E-state index in [2.05, 4.69) is 187 Å². The standard InChI is InChI=1S/C51H34N2O/c1-51(2)42-19-11-9-17-35(42)38-24-26-44-49(50(38)51)41-27-31(22-25-43(41)52(44)33-13-5-3-6-14-33)32-21-23-36-39-29-40-37-18-10-12-20-47(37)54-48(40)30-46(39)53(45(36)28-32)34-15-7-4-8-16-34/h3-30H,1-2H3. The maximum Gasteiger partial charge on any atom is 0.137 e. The van der Waals surface area contributed by atoms with Crippen molar-refractivity contribution in [1.29, 1.82) is 0 Å². The van der Waals surface area contributed by atoms with Gasteiger partial charge in [-0.25, -0.2) is 0 Å². The van der Waals surface area contributed by atoms with Crippen molar-refractivity contribution in [3.8, 4) is 33.6 Å². The molecule has 1 aliphatic carbocycles. The molecule has 3 aromatic heterocycles.